The van der Waals surface area contributed by atoms with E-state index in [1.807, 2.05) is 0 Å². The Morgan fingerprint density at radius 2 is 2.14 bits per heavy atom. The average Bonchev–Trinajstić information content (AvgIpc) is 2.89. The normalized spacial score (nSPS) is 21.1. The molecule has 9 heteroatoms. The minimum Gasteiger partial charge on any atom is -0.257 e. The minimum atomic E-state index is -3.35. The first-order valence-corrected chi connectivity index (χ1v) is 6.71. The number of hydrogen-bond donors (Lipinski definition) is 0. The second-order valence-corrected chi connectivity index (χ2v) is 5.72. The lowest BCUT2D eigenvalue weighted by Gasteiger charge is -2.12. The topological polar surface area (TPSA) is 44.1 Å². The maximum absolute atomic E-state index is 13.5. The van der Waals surface area contributed by atoms with Gasteiger partial charge in [0.05, 0.1) is 0 Å². The molecular formula is C13H15F5N2O2. The summed E-state index contributed by atoms with van der Waals surface area (Å²) in [5.74, 6) is -8.16. The Kier molecular flexibility index (Phi) is 4.18. The van der Waals surface area contributed by atoms with Crippen molar-refractivity contribution in [2.24, 2.45) is 5.92 Å². The lowest BCUT2D eigenvalue weighted by molar-refractivity contribution is -0.0799. The van der Waals surface area contributed by atoms with Crippen LogP contribution in [-0.4, -0.2) is 21.7 Å². The summed E-state index contributed by atoms with van der Waals surface area (Å²) in [6.45, 7) is 1.60. The molecule has 0 spiro atoms. The SMILES string of the molecule is Cc1c(C(C)(F)F)nn(CC2CCC(F)(F)C2)c1C(=O)OF. The van der Waals surface area contributed by atoms with Gasteiger partial charge in [0.15, 0.2) is 5.69 Å². The Bertz CT molecular complexity index is 580. The van der Waals surface area contributed by atoms with Gasteiger partial charge in [0.25, 0.3) is 5.92 Å². The molecule has 4 nitrogen and oxygen atoms in total. The van der Waals surface area contributed by atoms with E-state index in [4.69, 9.17) is 0 Å². The third kappa shape index (κ3) is 3.22. The highest BCUT2D eigenvalue weighted by molar-refractivity contribution is 5.89. The van der Waals surface area contributed by atoms with E-state index in [-0.39, 0.29) is 24.9 Å². The zero-order chi connectivity index (χ0) is 16.7. The second-order valence-electron chi connectivity index (χ2n) is 5.72. The van der Waals surface area contributed by atoms with Crippen molar-refractivity contribution in [3.8, 4) is 0 Å². The molecule has 2 rings (SSSR count). The zero-order valence-corrected chi connectivity index (χ0v) is 12.0. The van der Waals surface area contributed by atoms with Crippen molar-refractivity contribution >= 4 is 5.97 Å². The van der Waals surface area contributed by atoms with Crippen LogP contribution in [0.5, 0.6) is 0 Å². The van der Waals surface area contributed by atoms with E-state index in [0.717, 1.165) is 4.68 Å². The number of halogens is 5. The van der Waals surface area contributed by atoms with Crippen molar-refractivity contribution in [3.05, 3.63) is 17.0 Å². The first-order chi connectivity index (χ1) is 10.0. The van der Waals surface area contributed by atoms with Crippen molar-refractivity contribution in [2.45, 2.75) is 51.5 Å². The molecule has 0 amide bonds. The van der Waals surface area contributed by atoms with Crippen LogP contribution in [0.15, 0.2) is 0 Å². The molecule has 1 unspecified atom stereocenters. The smallest absolute Gasteiger partial charge is 0.257 e. The van der Waals surface area contributed by atoms with Gasteiger partial charge in [0.1, 0.15) is 5.69 Å². The molecule has 1 aliphatic rings. The Hall–Kier alpha value is -1.67. The monoisotopic (exact) mass is 326 g/mol. The summed E-state index contributed by atoms with van der Waals surface area (Å²) >= 11 is 0. The first kappa shape index (κ1) is 16.7. The Morgan fingerprint density at radius 3 is 2.59 bits per heavy atom. The van der Waals surface area contributed by atoms with E-state index in [9.17, 15) is 26.9 Å². The fourth-order valence-corrected chi connectivity index (χ4v) is 2.84. The van der Waals surface area contributed by atoms with Gasteiger partial charge >= 0.3 is 5.97 Å². The van der Waals surface area contributed by atoms with Crippen LogP contribution in [0.1, 0.15) is 47.9 Å². The van der Waals surface area contributed by atoms with Crippen LogP contribution < -0.4 is 0 Å². The van der Waals surface area contributed by atoms with Crippen molar-refractivity contribution < 1.29 is 31.8 Å². The quantitative estimate of drug-likeness (QED) is 0.791. The highest BCUT2D eigenvalue weighted by atomic mass is 19.3. The Morgan fingerprint density at radius 1 is 1.50 bits per heavy atom. The third-order valence-electron chi connectivity index (χ3n) is 3.81. The zero-order valence-electron chi connectivity index (χ0n) is 12.0. The van der Waals surface area contributed by atoms with Gasteiger partial charge < -0.3 is 0 Å². The highest BCUT2D eigenvalue weighted by Gasteiger charge is 2.41. The van der Waals surface area contributed by atoms with Crippen LogP contribution in [0.3, 0.4) is 0 Å². The number of rotatable bonds is 4. The number of alkyl halides is 4. The molecule has 1 heterocycles. The fraction of sp³-hybridized carbons (Fsp3) is 0.692. The van der Waals surface area contributed by atoms with E-state index < -0.39 is 41.5 Å². The van der Waals surface area contributed by atoms with Crippen LogP contribution in [0.2, 0.25) is 0 Å². The van der Waals surface area contributed by atoms with Gasteiger partial charge in [-0.2, -0.15) is 13.9 Å². The molecule has 1 atom stereocenters. The number of carbonyl (C=O) groups is 1. The molecule has 1 aromatic heterocycles. The molecule has 1 aliphatic carbocycles. The summed E-state index contributed by atoms with van der Waals surface area (Å²) in [5.41, 5.74) is -1.40. The predicted octanol–water partition coefficient (Wildman–Crippen LogP) is 3.78. The number of nitrogens with zero attached hydrogens (tertiary/aromatic N) is 2. The van der Waals surface area contributed by atoms with Gasteiger partial charge in [-0.05, 0) is 19.3 Å². The molecule has 124 valence electrons. The van der Waals surface area contributed by atoms with Gasteiger partial charge in [0, 0.05) is 36.4 Å². The summed E-state index contributed by atoms with van der Waals surface area (Å²) in [4.78, 5) is 14.5. The lowest BCUT2D eigenvalue weighted by Crippen LogP contribution is -2.18. The molecule has 1 saturated carbocycles. The highest BCUT2D eigenvalue weighted by Crippen LogP contribution is 2.40. The molecule has 0 aliphatic heterocycles. The van der Waals surface area contributed by atoms with E-state index in [1.54, 1.807) is 0 Å². The molecule has 1 fully saturated rings. The van der Waals surface area contributed by atoms with E-state index >= 15 is 0 Å². The largest absolute Gasteiger partial charge is 0.397 e. The van der Waals surface area contributed by atoms with Gasteiger partial charge in [-0.3, -0.25) is 4.68 Å². The van der Waals surface area contributed by atoms with Gasteiger partial charge in [-0.15, -0.1) is 0 Å². The number of aromatic nitrogens is 2. The van der Waals surface area contributed by atoms with Crippen molar-refractivity contribution in [2.75, 3.05) is 0 Å². The van der Waals surface area contributed by atoms with Crippen molar-refractivity contribution in [3.63, 3.8) is 0 Å². The minimum absolute atomic E-state index is 0.170. The van der Waals surface area contributed by atoms with Crippen molar-refractivity contribution in [1.82, 2.24) is 9.78 Å². The van der Waals surface area contributed by atoms with E-state index in [2.05, 4.69) is 10.0 Å². The second kappa shape index (κ2) is 5.51. The summed E-state index contributed by atoms with van der Waals surface area (Å²) in [6.07, 6.45) is -0.556. The van der Waals surface area contributed by atoms with Crippen molar-refractivity contribution in [1.29, 1.82) is 0 Å². The van der Waals surface area contributed by atoms with Gasteiger partial charge in [-0.1, -0.05) is 0 Å². The Labute approximate surface area is 123 Å². The molecular weight excluding hydrogens is 311 g/mol. The maximum atomic E-state index is 13.5. The molecule has 0 bridgehead atoms. The summed E-state index contributed by atoms with van der Waals surface area (Å²) in [7, 11) is 0. The van der Waals surface area contributed by atoms with Gasteiger partial charge in [0.2, 0.25) is 5.92 Å². The van der Waals surface area contributed by atoms with Crippen LogP contribution in [0.4, 0.5) is 22.1 Å². The van der Waals surface area contributed by atoms with Gasteiger partial charge in [-0.25, -0.2) is 18.5 Å². The first-order valence-electron chi connectivity index (χ1n) is 6.71. The molecule has 0 saturated heterocycles. The molecule has 0 radical (unpaired) electrons. The predicted molar refractivity (Wildman–Crippen MR) is 65.3 cm³/mol. The van der Waals surface area contributed by atoms with Crippen LogP contribution in [-0.2, 0) is 17.4 Å². The van der Waals surface area contributed by atoms with E-state index in [1.165, 1.54) is 6.92 Å². The molecule has 0 N–H and O–H groups in total. The number of hydrogen-bond acceptors (Lipinski definition) is 3. The standard InChI is InChI=1S/C13H15F5N2O2/c1-7-9(11(21)22-18)20(19-10(7)12(2,14)15)6-8-3-4-13(16,17)5-8/h8H,3-6H2,1-2H3. The lowest BCUT2D eigenvalue weighted by atomic mass is 10.1. The summed E-state index contributed by atoms with van der Waals surface area (Å²) in [6, 6.07) is 0. The van der Waals surface area contributed by atoms with Crippen LogP contribution >= 0.6 is 0 Å². The summed E-state index contributed by atoms with van der Waals surface area (Å²) in [5, 5.41) is 3.62. The molecule has 22 heavy (non-hydrogen) atoms. The number of carbonyl (C=O) groups excluding carboxylic acids is 1. The third-order valence-corrected chi connectivity index (χ3v) is 3.81. The summed E-state index contributed by atoms with van der Waals surface area (Å²) < 4.78 is 66.4. The van der Waals surface area contributed by atoms with Crippen LogP contribution in [0, 0.1) is 12.8 Å². The van der Waals surface area contributed by atoms with E-state index in [0.29, 0.717) is 6.92 Å². The molecule has 0 aromatic carbocycles. The maximum Gasteiger partial charge on any atom is 0.397 e. The van der Waals surface area contributed by atoms with Crippen LogP contribution in [0.25, 0.3) is 0 Å². The molecule has 1 aromatic rings. The average molecular weight is 326 g/mol. The Balaban J connectivity index is 2.36. The fourth-order valence-electron chi connectivity index (χ4n) is 2.84.